The first-order valence-electron chi connectivity index (χ1n) is 7.58. The third-order valence-corrected chi connectivity index (χ3v) is 7.40. The van der Waals surface area contributed by atoms with Crippen molar-refractivity contribution in [2.45, 2.75) is 18.6 Å². The summed E-state index contributed by atoms with van der Waals surface area (Å²) in [5.41, 5.74) is 1.65. The molecule has 0 N–H and O–H groups in total. The number of hydrogen-bond acceptors (Lipinski definition) is 4. The summed E-state index contributed by atoms with van der Waals surface area (Å²) in [6, 6.07) is 11.2. The standard InChI is InChI=1S/C17H19NO3S2/c1-13-4-2-5-14(12-13)17(19)18-8-7-16(15-6-3-10-22-15)23(20,21)11-9-18/h2-6,10,12,16H,7-9,11H2,1H3. The first-order chi connectivity index (χ1) is 11.0. The molecule has 4 nitrogen and oxygen atoms in total. The number of carbonyl (C=O) groups is 1. The van der Waals surface area contributed by atoms with Crippen molar-refractivity contribution in [2.75, 3.05) is 18.8 Å². The molecule has 2 heterocycles. The summed E-state index contributed by atoms with van der Waals surface area (Å²) < 4.78 is 25.1. The van der Waals surface area contributed by atoms with Crippen LogP contribution >= 0.6 is 11.3 Å². The highest BCUT2D eigenvalue weighted by atomic mass is 32.2. The highest BCUT2D eigenvalue weighted by molar-refractivity contribution is 7.91. The number of aryl methyl sites for hydroxylation is 1. The van der Waals surface area contributed by atoms with Gasteiger partial charge in [-0.05, 0) is 36.9 Å². The van der Waals surface area contributed by atoms with Crippen molar-refractivity contribution < 1.29 is 13.2 Å². The quantitative estimate of drug-likeness (QED) is 0.837. The zero-order chi connectivity index (χ0) is 16.4. The molecular formula is C17H19NO3S2. The van der Waals surface area contributed by atoms with Crippen molar-refractivity contribution >= 4 is 27.1 Å². The molecule has 2 aromatic rings. The van der Waals surface area contributed by atoms with Gasteiger partial charge < -0.3 is 4.90 Å². The van der Waals surface area contributed by atoms with E-state index in [0.717, 1.165) is 10.4 Å². The molecule has 1 unspecified atom stereocenters. The SMILES string of the molecule is Cc1cccc(C(=O)N2CCC(c3cccs3)S(=O)(=O)CC2)c1. The van der Waals surface area contributed by atoms with Crippen molar-refractivity contribution in [2.24, 2.45) is 0 Å². The predicted octanol–water partition coefficient (Wildman–Crippen LogP) is 3.06. The zero-order valence-electron chi connectivity index (χ0n) is 12.9. The van der Waals surface area contributed by atoms with E-state index in [1.165, 1.54) is 11.3 Å². The third kappa shape index (κ3) is 3.48. The average Bonchev–Trinajstić information content (AvgIpc) is 2.98. The van der Waals surface area contributed by atoms with Crippen LogP contribution in [0.25, 0.3) is 0 Å². The Labute approximate surface area is 140 Å². The summed E-state index contributed by atoms with van der Waals surface area (Å²) in [4.78, 5) is 15.2. The predicted molar refractivity (Wildman–Crippen MR) is 92.5 cm³/mol. The second-order valence-electron chi connectivity index (χ2n) is 5.82. The van der Waals surface area contributed by atoms with Gasteiger partial charge in [0.05, 0.1) is 11.0 Å². The van der Waals surface area contributed by atoms with Gasteiger partial charge in [-0.2, -0.15) is 0 Å². The summed E-state index contributed by atoms with van der Waals surface area (Å²) in [5.74, 6) is -0.0663. The van der Waals surface area contributed by atoms with E-state index in [2.05, 4.69) is 0 Å². The van der Waals surface area contributed by atoms with Crippen LogP contribution in [0, 0.1) is 6.92 Å². The lowest BCUT2D eigenvalue weighted by molar-refractivity contribution is 0.0766. The molecule has 1 aliphatic rings. The van der Waals surface area contributed by atoms with Gasteiger partial charge in [-0.25, -0.2) is 8.42 Å². The second kappa shape index (κ2) is 6.45. The monoisotopic (exact) mass is 349 g/mol. The molecule has 1 saturated heterocycles. The minimum Gasteiger partial charge on any atom is -0.338 e. The molecule has 1 aromatic heterocycles. The molecule has 122 valence electrons. The summed E-state index contributed by atoms with van der Waals surface area (Å²) in [6.07, 6.45) is 0.459. The van der Waals surface area contributed by atoms with Crippen molar-refractivity contribution in [3.8, 4) is 0 Å². The Morgan fingerprint density at radius 1 is 1.22 bits per heavy atom. The Morgan fingerprint density at radius 3 is 2.74 bits per heavy atom. The van der Waals surface area contributed by atoms with Crippen LogP contribution < -0.4 is 0 Å². The van der Waals surface area contributed by atoms with Crippen LogP contribution in [0.4, 0.5) is 0 Å². The van der Waals surface area contributed by atoms with E-state index in [1.54, 1.807) is 11.0 Å². The van der Waals surface area contributed by atoms with Crippen molar-refractivity contribution in [1.29, 1.82) is 0 Å². The van der Waals surface area contributed by atoms with Crippen molar-refractivity contribution in [3.05, 3.63) is 57.8 Å². The third-order valence-electron chi connectivity index (χ3n) is 4.15. The average molecular weight is 349 g/mol. The Bertz CT molecular complexity index is 797. The topological polar surface area (TPSA) is 54.5 Å². The molecule has 1 aromatic carbocycles. The maximum atomic E-state index is 12.6. The molecular weight excluding hydrogens is 330 g/mol. The Balaban J connectivity index is 1.81. The fraction of sp³-hybridized carbons (Fsp3) is 0.353. The van der Waals surface area contributed by atoms with E-state index in [-0.39, 0.29) is 18.2 Å². The van der Waals surface area contributed by atoms with Crippen LogP contribution in [0.5, 0.6) is 0 Å². The summed E-state index contributed by atoms with van der Waals surface area (Å²) in [6.45, 7) is 2.67. The van der Waals surface area contributed by atoms with E-state index in [0.29, 0.717) is 18.5 Å². The molecule has 0 bridgehead atoms. The molecule has 3 rings (SSSR count). The molecule has 0 radical (unpaired) electrons. The zero-order valence-corrected chi connectivity index (χ0v) is 14.6. The lowest BCUT2D eigenvalue weighted by Gasteiger charge is -2.20. The molecule has 0 spiro atoms. The minimum absolute atomic E-state index is 0.0210. The van der Waals surface area contributed by atoms with E-state index in [1.807, 2.05) is 42.6 Å². The van der Waals surface area contributed by atoms with E-state index < -0.39 is 15.1 Å². The fourth-order valence-electron chi connectivity index (χ4n) is 2.90. The number of amides is 1. The van der Waals surface area contributed by atoms with Crippen molar-refractivity contribution in [3.63, 3.8) is 0 Å². The Morgan fingerprint density at radius 2 is 2.04 bits per heavy atom. The molecule has 1 amide bonds. The van der Waals surface area contributed by atoms with Gasteiger partial charge >= 0.3 is 0 Å². The first-order valence-corrected chi connectivity index (χ1v) is 10.2. The van der Waals surface area contributed by atoms with Gasteiger partial charge in [-0.15, -0.1) is 11.3 Å². The second-order valence-corrected chi connectivity index (χ2v) is 9.10. The fourth-order valence-corrected chi connectivity index (χ4v) is 5.91. The summed E-state index contributed by atoms with van der Waals surface area (Å²) in [7, 11) is -3.22. The molecule has 6 heteroatoms. The molecule has 1 aliphatic heterocycles. The van der Waals surface area contributed by atoms with Gasteiger partial charge in [0.2, 0.25) is 0 Å². The molecule has 1 atom stereocenters. The number of thiophene rings is 1. The van der Waals surface area contributed by atoms with Crippen LogP contribution in [0.2, 0.25) is 0 Å². The van der Waals surface area contributed by atoms with Gasteiger partial charge in [-0.1, -0.05) is 23.8 Å². The molecule has 1 fully saturated rings. The molecule has 0 aliphatic carbocycles. The number of benzene rings is 1. The van der Waals surface area contributed by atoms with Gasteiger partial charge in [-0.3, -0.25) is 4.79 Å². The number of sulfone groups is 1. The van der Waals surface area contributed by atoms with E-state index in [4.69, 9.17) is 0 Å². The number of rotatable bonds is 2. The summed E-state index contributed by atoms with van der Waals surface area (Å²) in [5, 5.41) is 1.41. The largest absolute Gasteiger partial charge is 0.338 e. The Kier molecular flexibility index (Phi) is 4.55. The number of carbonyl (C=O) groups excluding carboxylic acids is 1. The van der Waals surface area contributed by atoms with Crippen molar-refractivity contribution in [1.82, 2.24) is 4.90 Å². The van der Waals surface area contributed by atoms with Crippen LogP contribution in [0.15, 0.2) is 41.8 Å². The highest BCUT2D eigenvalue weighted by Gasteiger charge is 2.33. The van der Waals surface area contributed by atoms with Gasteiger partial charge in [0, 0.05) is 23.5 Å². The van der Waals surface area contributed by atoms with Crippen LogP contribution in [-0.4, -0.2) is 38.1 Å². The summed E-state index contributed by atoms with van der Waals surface area (Å²) >= 11 is 1.47. The van der Waals surface area contributed by atoms with Crippen LogP contribution in [0.1, 0.15) is 32.5 Å². The normalized spacial score (nSPS) is 20.9. The molecule has 23 heavy (non-hydrogen) atoms. The molecule has 0 saturated carbocycles. The lowest BCUT2D eigenvalue weighted by atomic mass is 10.1. The van der Waals surface area contributed by atoms with E-state index >= 15 is 0 Å². The smallest absolute Gasteiger partial charge is 0.253 e. The van der Waals surface area contributed by atoms with Gasteiger partial charge in [0.25, 0.3) is 5.91 Å². The number of hydrogen-bond donors (Lipinski definition) is 0. The minimum atomic E-state index is -3.22. The number of nitrogens with zero attached hydrogens (tertiary/aromatic N) is 1. The van der Waals surface area contributed by atoms with Gasteiger partial charge in [0.1, 0.15) is 0 Å². The first kappa shape index (κ1) is 16.2. The highest BCUT2D eigenvalue weighted by Crippen LogP contribution is 2.32. The maximum absolute atomic E-state index is 12.6. The van der Waals surface area contributed by atoms with E-state index in [9.17, 15) is 13.2 Å². The van der Waals surface area contributed by atoms with Gasteiger partial charge in [0.15, 0.2) is 9.84 Å². The maximum Gasteiger partial charge on any atom is 0.253 e. The van der Waals surface area contributed by atoms with Crippen LogP contribution in [0.3, 0.4) is 0 Å². The lowest BCUT2D eigenvalue weighted by Crippen LogP contribution is -2.33. The Hall–Kier alpha value is -1.66. The van der Waals surface area contributed by atoms with Crippen LogP contribution in [-0.2, 0) is 9.84 Å².